The summed E-state index contributed by atoms with van der Waals surface area (Å²) >= 11 is 1.58. The van der Waals surface area contributed by atoms with E-state index in [0.29, 0.717) is 17.2 Å². The predicted octanol–water partition coefficient (Wildman–Crippen LogP) is 3.53. The Morgan fingerprint density at radius 1 is 1.53 bits per heavy atom. The van der Waals surface area contributed by atoms with Crippen LogP contribution in [0.2, 0.25) is 0 Å². The van der Waals surface area contributed by atoms with Gasteiger partial charge in [-0.3, -0.25) is 0 Å². The molecular formula is C13H18O3S. The highest BCUT2D eigenvalue weighted by Crippen LogP contribution is 2.29. The Hall–Kier alpha value is -1.16. The van der Waals surface area contributed by atoms with E-state index in [4.69, 9.17) is 9.84 Å². The molecule has 4 heteroatoms. The molecule has 1 unspecified atom stereocenters. The van der Waals surface area contributed by atoms with Crippen molar-refractivity contribution < 1.29 is 14.6 Å². The fourth-order valence-electron chi connectivity index (χ4n) is 1.28. The van der Waals surface area contributed by atoms with Crippen molar-refractivity contribution in [2.75, 3.05) is 12.9 Å². The number of aromatic carboxylic acids is 1. The van der Waals surface area contributed by atoms with Gasteiger partial charge in [-0.15, -0.1) is 11.8 Å². The molecule has 0 fully saturated rings. The Balaban J connectivity index is 2.89. The minimum atomic E-state index is -0.890. The lowest BCUT2D eigenvalue weighted by atomic mass is 10.2. The molecule has 1 N–H and O–H groups in total. The van der Waals surface area contributed by atoms with E-state index in [-0.39, 0.29) is 0 Å². The van der Waals surface area contributed by atoms with Crippen LogP contribution < -0.4 is 4.74 Å². The van der Waals surface area contributed by atoms with Gasteiger partial charge in [0.2, 0.25) is 0 Å². The summed E-state index contributed by atoms with van der Waals surface area (Å²) in [7, 11) is 1.58. The molecule has 0 aliphatic heterocycles. The highest BCUT2D eigenvalue weighted by Gasteiger charge is 2.12. The normalized spacial score (nSPS) is 12.2. The highest BCUT2D eigenvalue weighted by atomic mass is 32.2. The first kappa shape index (κ1) is 13.9. The molecule has 0 saturated heterocycles. The maximum absolute atomic E-state index is 11.1. The second kappa shape index (κ2) is 6.55. The smallest absolute Gasteiger partial charge is 0.336 e. The number of hydrogen-bond donors (Lipinski definition) is 1. The van der Waals surface area contributed by atoms with Gasteiger partial charge in [0.25, 0.3) is 0 Å². The van der Waals surface area contributed by atoms with E-state index in [1.54, 1.807) is 37.1 Å². The molecule has 1 aromatic carbocycles. The molecule has 0 spiro atoms. The molecule has 0 bridgehead atoms. The summed E-state index contributed by atoms with van der Waals surface area (Å²) in [5.41, 5.74) is 0.346. The summed E-state index contributed by atoms with van der Waals surface area (Å²) in [6, 6.07) is 5.06. The quantitative estimate of drug-likeness (QED) is 0.789. The SMILES string of the molecule is CCC(C)CSc1cc(OC)ccc1C(=O)O. The fourth-order valence-corrected chi connectivity index (χ4v) is 2.49. The summed E-state index contributed by atoms with van der Waals surface area (Å²) in [5.74, 6) is 1.30. The minimum Gasteiger partial charge on any atom is -0.497 e. The fraction of sp³-hybridized carbons (Fsp3) is 0.462. The Morgan fingerprint density at radius 3 is 2.76 bits per heavy atom. The number of benzene rings is 1. The number of ether oxygens (including phenoxy) is 1. The van der Waals surface area contributed by atoms with Crippen molar-refractivity contribution in [2.45, 2.75) is 25.2 Å². The molecule has 17 heavy (non-hydrogen) atoms. The zero-order valence-corrected chi connectivity index (χ0v) is 11.2. The van der Waals surface area contributed by atoms with Crippen LogP contribution in [-0.2, 0) is 0 Å². The first-order valence-electron chi connectivity index (χ1n) is 5.62. The summed E-state index contributed by atoms with van der Waals surface area (Å²) in [6.07, 6.45) is 1.10. The summed E-state index contributed by atoms with van der Waals surface area (Å²) < 4.78 is 5.12. The van der Waals surface area contributed by atoms with Crippen LogP contribution in [0.4, 0.5) is 0 Å². The second-order valence-electron chi connectivity index (χ2n) is 3.99. The second-order valence-corrected chi connectivity index (χ2v) is 5.05. The van der Waals surface area contributed by atoms with Crippen LogP contribution in [0.1, 0.15) is 30.6 Å². The summed E-state index contributed by atoms with van der Waals surface area (Å²) in [4.78, 5) is 11.9. The Kier molecular flexibility index (Phi) is 5.35. The van der Waals surface area contributed by atoms with Gasteiger partial charge < -0.3 is 9.84 Å². The van der Waals surface area contributed by atoms with Gasteiger partial charge in [-0.05, 0) is 24.1 Å². The topological polar surface area (TPSA) is 46.5 Å². The average molecular weight is 254 g/mol. The number of methoxy groups -OCH3 is 1. The molecular weight excluding hydrogens is 236 g/mol. The molecule has 0 saturated carbocycles. The van der Waals surface area contributed by atoms with Crippen molar-refractivity contribution >= 4 is 17.7 Å². The van der Waals surface area contributed by atoms with Gasteiger partial charge in [-0.2, -0.15) is 0 Å². The summed E-state index contributed by atoms with van der Waals surface area (Å²) in [5, 5.41) is 9.10. The van der Waals surface area contributed by atoms with Crippen LogP contribution in [0.3, 0.4) is 0 Å². The van der Waals surface area contributed by atoms with Crippen molar-refractivity contribution in [3.8, 4) is 5.75 Å². The van der Waals surface area contributed by atoms with E-state index < -0.39 is 5.97 Å². The molecule has 1 aromatic rings. The van der Waals surface area contributed by atoms with Crippen LogP contribution in [0.15, 0.2) is 23.1 Å². The number of carboxylic acids is 1. The number of carboxylic acid groups (broad SMARTS) is 1. The summed E-state index contributed by atoms with van der Waals surface area (Å²) in [6.45, 7) is 4.29. The third-order valence-electron chi connectivity index (χ3n) is 2.64. The molecule has 94 valence electrons. The number of hydrogen-bond acceptors (Lipinski definition) is 3. The Bertz CT molecular complexity index is 390. The van der Waals surface area contributed by atoms with Gasteiger partial charge in [-0.1, -0.05) is 20.3 Å². The maximum Gasteiger partial charge on any atom is 0.336 e. The molecule has 0 radical (unpaired) electrons. The van der Waals surface area contributed by atoms with Crippen molar-refractivity contribution in [1.82, 2.24) is 0 Å². The maximum atomic E-state index is 11.1. The van der Waals surface area contributed by atoms with Crippen molar-refractivity contribution in [3.63, 3.8) is 0 Å². The Labute approximate surface area is 106 Å². The van der Waals surface area contributed by atoms with Crippen molar-refractivity contribution in [2.24, 2.45) is 5.92 Å². The van der Waals surface area contributed by atoms with E-state index in [1.807, 2.05) is 0 Å². The van der Waals surface area contributed by atoms with Gasteiger partial charge in [0, 0.05) is 10.6 Å². The van der Waals surface area contributed by atoms with Crippen molar-refractivity contribution in [1.29, 1.82) is 0 Å². The monoisotopic (exact) mass is 254 g/mol. The van der Waals surface area contributed by atoms with Gasteiger partial charge in [-0.25, -0.2) is 4.79 Å². The highest BCUT2D eigenvalue weighted by molar-refractivity contribution is 7.99. The minimum absolute atomic E-state index is 0.346. The lowest BCUT2D eigenvalue weighted by molar-refractivity contribution is 0.0693. The van der Waals surface area contributed by atoms with E-state index in [2.05, 4.69) is 13.8 Å². The molecule has 0 heterocycles. The third-order valence-corrected chi connectivity index (χ3v) is 4.02. The standard InChI is InChI=1S/C13H18O3S/c1-4-9(2)8-17-12-7-10(16-3)5-6-11(12)13(14)15/h5-7,9H,4,8H2,1-3H3,(H,14,15). The molecule has 1 atom stereocenters. The van der Waals surface area contributed by atoms with Gasteiger partial charge >= 0.3 is 5.97 Å². The lowest BCUT2D eigenvalue weighted by Gasteiger charge is -2.11. The van der Waals surface area contributed by atoms with Gasteiger partial charge in [0.15, 0.2) is 0 Å². The molecule has 3 nitrogen and oxygen atoms in total. The van der Waals surface area contributed by atoms with E-state index in [1.165, 1.54) is 0 Å². The van der Waals surface area contributed by atoms with Gasteiger partial charge in [0.1, 0.15) is 5.75 Å². The largest absolute Gasteiger partial charge is 0.497 e. The first-order chi connectivity index (χ1) is 8.08. The zero-order valence-electron chi connectivity index (χ0n) is 10.4. The predicted molar refractivity (Wildman–Crippen MR) is 70.1 cm³/mol. The molecule has 0 amide bonds. The molecule has 0 aliphatic carbocycles. The lowest BCUT2D eigenvalue weighted by Crippen LogP contribution is -2.01. The van der Waals surface area contributed by atoms with Crippen LogP contribution in [0.25, 0.3) is 0 Å². The molecule has 1 rings (SSSR count). The number of thioether (sulfide) groups is 1. The van der Waals surface area contributed by atoms with Gasteiger partial charge in [0.05, 0.1) is 12.7 Å². The number of rotatable bonds is 6. The van der Waals surface area contributed by atoms with E-state index in [0.717, 1.165) is 17.1 Å². The van der Waals surface area contributed by atoms with E-state index in [9.17, 15) is 4.79 Å². The Morgan fingerprint density at radius 2 is 2.24 bits per heavy atom. The molecule has 0 aromatic heterocycles. The van der Waals surface area contributed by atoms with Crippen LogP contribution >= 0.6 is 11.8 Å². The zero-order chi connectivity index (χ0) is 12.8. The first-order valence-corrected chi connectivity index (χ1v) is 6.61. The number of carbonyl (C=O) groups is 1. The van der Waals surface area contributed by atoms with E-state index >= 15 is 0 Å². The third kappa shape index (κ3) is 3.97. The van der Waals surface area contributed by atoms with Crippen LogP contribution in [0.5, 0.6) is 5.75 Å². The average Bonchev–Trinajstić information content (AvgIpc) is 2.35. The van der Waals surface area contributed by atoms with Crippen molar-refractivity contribution in [3.05, 3.63) is 23.8 Å². The molecule has 0 aliphatic rings. The van der Waals surface area contributed by atoms with Crippen LogP contribution in [0, 0.1) is 5.92 Å². The van der Waals surface area contributed by atoms with Crippen LogP contribution in [-0.4, -0.2) is 23.9 Å².